The number of ether oxygens (including phenoxy) is 1. The summed E-state index contributed by atoms with van der Waals surface area (Å²) in [6.45, 7) is 2.31. The summed E-state index contributed by atoms with van der Waals surface area (Å²) in [5, 5.41) is 9.66. The van der Waals surface area contributed by atoms with E-state index in [-0.39, 0.29) is 11.5 Å². The number of nitrogens with zero attached hydrogens (tertiary/aromatic N) is 2. The third-order valence-electron chi connectivity index (χ3n) is 4.05. The molecule has 1 aliphatic heterocycles. The molecule has 0 spiro atoms. The molecule has 1 N–H and O–H groups in total. The lowest BCUT2D eigenvalue weighted by atomic mass is 10.2. The van der Waals surface area contributed by atoms with Crippen molar-refractivity contribution in [2.24, 2.45) is 4.99 Å². The number of carboxylic acids is 1. The zero-order chi connectivity index (χ0) is 21.1. The Morgan fingerprint density at radius 3 is 2.72 bits per heavy atom. The maximum Gasteiger partial charge on any atom is 0.335 e. The Morgan fingerprint density at radius 1 is 1.31 bits per heavy atom. The van der Waals surface area contributed by atoms with E-state index in [4.69, 9.17) is 9.84 Å². The third-order valence-corrected chi connectivity index (χ3v) is 6.10. The molecule has 0 bridgehead atoms. The maximum absolute atomic E-state index is 12.9. The van der Waals surface area contributed by atoms with Gasteiger partial charge in [0.15, 0.2) is 5.17 Å². The van der Waals surface area contributed by atoms with Crippen LogP contribution in [0.25, 0.3) is 6.08 Å². The van der Waals surface area contributed by atoms with Crippen LogP contribution in [0.1, 0.15) is 22.8 Å². The molecule has 0 atom stereocenters. The van der Waals surface area contributed by atoms with Crippen LogP contribution in [0.5, 0.6) is 5.75 Å². The Morgan fingerprint density at radius 2 is 2.07 bits per heavy atom. The number of benzene rings is 2. The number of carboxylic acid groups (broad SMARTS) is 1. The molecule has 1 fully saturated rings. The highest BCUT2D eigenvalue weighted by atomic mass is 79.9. The molecule has 1 amide bonds. The van der Waals surface area contributed by atoms with Gasteiger partial charge < -0.3 is 9.84 Å². The van der Waals surface area contributed by atoms with Crippen molar-refractivity contribution in [1.82, 2.24) is 4.90 Å². The zero-order valence-electron chi connectivity index (χ0n) is 15.5. The number of carbonyl (C=O) groups excluding carboxylic acids is 1. The summed E-state index contributed by atoms with van der Waals surface area (Å²) in [4.78, 5) is 30.6. The van der Waals surface area contributed by atoms with Crippen molar-refractivity contribution in [2.45, 2.75) is 6.92 Å². The summed E-state index contributed by atoms with van der Waals surface area (Å²) < 4.78 is 7.07. The Bertz CT molecular complexity index is 1050. The van der Waals surface area contributed by atoms with E-state index in [1.807, 2.05) is 19.1 Å². The number of rotatable bonds is 5. The van der Waals surface area contributed by atoms with Crippen LogP contribution in [0.4, 0.5) is 5.69 Å². The molecule has 2 aromatic rings. The van der Waals surface area contributed by atoms with E-state index in [9.17, 15) is 9.59 Å². The smallest absolute Gasteiger partial charge is 0.335 e. The second-order valence-electron chi connectivity index (χ2n) is 5.92. The quantitative estimate of drug-likeness (QED) is 0.504. The number of thioether (sulfide) groups is 1. The van der Waals surface area contributed by atoms with Gasteiger partial charge in [0.2, 0.25) is 0 Å². The van der Waals surface area contributed by atoms with Crippen molar-refractivity contribution < 1.29 is 19.4 Å². The monoisotopic (exact) mass is 538 g/mol. The second-order valence-corrected chi connectivity index (χ2v) is 8.70. The van der Waals surface area contributed by atoms with E-state index in [0.717, 1.165) is 14.5 Å². The highest BCUT2D eigenvalue weighted by Crippen LogP contribution is 2.38. The summed E-state index contributed by atoms with van der Waals surface area (Å²) in [6, 6.07) is 10.0. The minimum Gasteiger partial charge on any atom is -0.495 e. The number of carbonyl (C=O) groups is 2. The number of halogens is 2. The van der Waals surface area contributed by atoms with Crippen LogP contribution < -0.4 is 4.74 Å². The standard InChI is InChI=1S/C20H16Br2N2O4S/c1-3-24-18(25)16(9-12-7-13(21)10-15(22)17(12)28-2)29-20(24)23-14-6-4-5-11(8-14)19(26)27/h4-10H,3H2,1-2H3,(H,26,27). The topological polar surface area (TPSA) is 79.2 Å². The molecule has 0 aliphatic carbocycles. The van der Waals surface area contributed by atoms with Crippen LogP contribution in [0, 0.1) is 0 Å². The van der Waals surface area contributed by atoms with Crippen LogP contribution in [-0.2, 0) is 4.79 Å². The largest absolute Gasteiger partial charge is 0.495 e. The summed E-state index contributed by atoms with van der Waals surface area (Å²) >= 11 is 8.16. The first-order valence-corrected chi connectivity index (χ1v) is 10.9. The molecular formula is C20H16Br2N2O4S. The number of aliphatic imine (C=N–C) groups is 1. The molecule has 1 heterocycles. The van der Waals surface area contributed by atoms with Gasteiger partial charge in [-0.15, -0.1) is 0 Å². The molecule has 0 radical (unpaired) electrons. The molecule has 150 valence electrons. The second kappa shape index (κ2) is 9.15. The van der Waals surface area contributed by atoms with Gasteiger partial charge in [-0.25, -0.2) is 9.79 Å². The number of hydrogen-bond acceptors (Lipinski definition) is 5. The van der Waals surface area contributed by atoms with Gasteiger partial charge in [-0.05, 0) is 71.0 Å². The van der Waals surface area contributed by atoms with Crippen LogP contribution in [0.3, 0.4) is 0 Å². The van der Waals surface area contributed by atoms with Crippen LogP contribution in [0.15, 0.2) is 55.2 Å². The van der Waals surface area contributed by atoms with Crippen molar-refractivity contribution >= 4 is 72.4 Å². The average molecular weight is 540 g/mol. The average Bonchev–Trinajstić information content (AvgIpc) is 2.96. The molecule has 0 unspecified atom stereocenters. The van der Waals surface area contributed by atoms with Gasteiger partial charge in [-0.3, -0.25) is 9.69 Å². The zero-order valence-corrected chi connectivity index (χ0v) is 19.5. The summed E-state index contributed by atoms with van der Waals surface area (Å²) in [6.07, 6.45) is 1.76. The van der Waals surface area contributed by atoms with Gasteiger partial charge in [0.05, 0.1) is 27.7 Å². The van der Waals surface area contributed by atoms with Crippen molar-refractivity contribution in [3.05, 3.63) is 61.4 Å². The number of amidine groups is 1. The van der Waals surface area contributed by atoms with E-state index >= 15 is 0 Å². The minimum atomic E-state index is -1.03. The van der Waals surface area contributed by atoms with Gasteiger partial charge in [-0.2, -0.15) is 0 Å². The molecule has 1 aliphatic rings. The fourth-order valence-corrected chi connectivity index (χ4v) is 5.21. The van der Waals surface area contributed by atoms with Crippen molar-refractivity contribution in [3.8, 4) is 5.75 Å². The molecule has 0 saturated carbocycles. The van der Waals surface area contributed by atoms with E-state index in [1.54, 1.807) is 30.2 Å². The molecule has 0 aromatic heterocycles. The normalized spacial score (nSPS) is 16.7. The van der Waals surface area contributed by atoms with Gasteiger partial charge in [0.1, 0.15) is 5.75 Å². The number of amides is 1. The highest BCUT2D eigenvalue weighted by Gasteiger charge is 2.32. The minimum absolute atomic E-state index is 0.142. The van der Waals surface area contributed by atoms with Crippen LogP contribution in [0.2, 0.25) is 0 Å². The van der Waals surface area contributed by atoms with E-state index in [1.165, 1.54) is 23.9 Å². The molecule has 29 heavy (non-hydrogen) atoms. The van der Waals surface area contributed by atoms with Gasteiger partial charge >= 0.3 is 5.97 Å². The summed E-state index contributed by atoms with van der Waals surface area (Å²) in [5.74, 6) is -0.567. The first-order chi connectivity index (χ1) is 13.8. The van der Waals surface area contributed by atoms with E-state index < -0.39 is 5.97 Å². The lowest BCUT2D eigenvalue weighted by molar-refractivity contribution is -0.122. The number of methoxy groups -OCH3 is 1. The highest BCUT2D eigenvalue weighted by molar-refractivity contribution is 9.11. The van der Waals surface area contributed by atoms with Gasteiger partial charge in [0, 0.05) is 16.6 Å². The molecule has 9 heteroatoms. The van der Waals surface area contributed by atoms with Crippen molar-refractivity contribution in [1.29, 1.82) is 0 Å². The molecule has 6 nitrogen and oxygen atoms in total. The maximum atomic E-state index is 12.9. The third kappa shape index (κ3) is 4.73. The van der Waals surface area contributed by atoms with Crippen LogP contribution >= 0.6 is 43.6 Å². The van der Waals surface area contributed by atoms with Crippen molar-refractivity contribution in [2.75, 3.05) is 13.7 Å². The van der Waals surface area contributed by atoms with Gasteiger partial charge in [-0.1, -0.05) is 22.0 Å². The molecule has 2 aromatic carbocycles. The Hall–Kier alpha value is -2.10. The first-order valence-electron chi connectivity index (χ1n) is 8.50. The number of hydrogen-bond donors (Lipinski definition) is 1. The fraction of sp³-hybridized carbons (Fsp3) is 0.150. The van der Waals surface area contributed by atoms with Crippen molar-refractivity contribution in [3.63, 3.8) is 0 Å². The lowest BCUT2D eigenvalue weighted by Crippen LogP contribution is -2.28. The summed E-state index contributed by atoms with van der Waals surface area (Å²) in [5.41, 5.74) is 1.36. The van der Waals surface area contributed by atoms with E-state index in [0.29, 0.717) is 28.1 Å². The number of aromatic carboxylic acids is 1. The Labute approximate surface area is 188 Å². The number of likely N-dealkylation sites (N-methyl/N-ethyl adjacent to an activating group) is 1. The first kappa shape index (κ1) is 21.6. The predicted molar refractivity (Wildman–Crippen MR) is 122 cm³/mol. The Kier molecular flexibility index (Phi) is 6.81. The van der Waals surface area contributed by atoms with E-state index in [2.05, 4.69) is 36.9 Å². The van der Waals surface area contributed by atoms with Gasteiger partial charge in [0.25, 0.3) is 5.91 Å². The Balaban J connectivity index is 2.01. The predicted octanol–water partition coefficient (Wildman–Crippen LogP) is 5.54. The molecule has 1 saturated heterocycles. The van der Waals surface area contributed by atoms with Crippen LogP contribution in [-0.4, -0.2) is 40.7 Å². The summed E-state index contributed by atoms with van der Waals surface area (Å²) in [7, 11) is 1.57. The lowest BCUT2D eigenvalue weighted by Gasteiger charge is -2.12. The molecule has 3 rings (SSSR count). The fourth-order valence-electron chi connectivity index (χ4n) is 2.73. The SMILES string of the molecule is CCN1C(=O)C(=Cc2cc(Br)cc(Br)c2OC)SC1=Nc1cccc(C(=O)O)c1. The molecular weight excluding hydrogens is 524 g/mol.